The number of imidazole rings is 1. The lowest BCUT2D eigenvalue weighted by Crippen LogP contribution is -2.46. The number of benzene rings is 1. The second-order valence-electron chi connectivity index (χ2n) is 6.38. The van der Waals surface area contributed by atoms with Crippen LogP contribution in [0, 0.1) is 5.92 Å². The Balaban J connectivity index is 1.82. The van der Waals surface area contributed by atoms with Crippen molar-refractivity contribution in [1.29, 1.82) is 0 Å². The van der Waals surface area contributed by atoms with E-state index in [9.17, 15) is 4.79 Å². The third kappa shape index (κ3) is 3.55. The average Bonchev–Trinajstić information content (AvgIpc) is 2.99. The zero-order chi connectivity index (χ0) is 16.2. The molecule has 2 unspecified atom stereocenters. The van der Waals surface area contributed by atoms with Gasteiger partial charge in [0.05, 0.1) is 0 Å². The fourth-order valence-electron chi connectivity index (χ4n) is 3.19. The Labute approximate surface area is 137 Å². The summed E-state index contributed by atoms with van der Waals surface area (Å²) in [5.74, 6) is 1.41. The number of nitrogens with zero attached hydrogens (tertiary/aromatic N) is 3. The number of aromatic nitrogens is 2. The van der Waals surface area contributed by atoms with Gasteiger partial charge in [-0.25, -0.2) is 9.78 Å². The van der Waals surface area contributed by atoms with Gasteiger partial charge in [-0.2, -0.15) is 0 Å². The average molecular weight is 312 g/mol. The fraction of sp³-hybridized carbons (Fsp3) is 0.444. The van der Waals surface area contributed by atoms with Crippen molar-refractivity contribution in [3.8, 4) is 0 Å². The van der Waals surface area contributed by atoms with Crippen LogP contribution < -0.4 is 5.32 Å². The SMILES string of the molecule is CC1CCCN(C(=O)NC(c2ccccc2)c2nccn2C)C1. The molecular weight excluding hydrogens is 288 g/mol. The number of aryl methyl sites for hydroxylation is 1. The fourth-order valence-corrected chi connectivity index (χ4v) is 3.19. The summed E-state index contributed by atoms with van der Waals surface area (Å²) in [5.41, 5.74) is 1.04. The van der Waals surface area contributed by atoms with E-state index in [0.29, 0.717) is 5.92 Å². The molecule has 2 heterocycles. The first-order valence-corrected chi connectivity index (χ1v) is 8.22. The highest BCUT2D eigenvalue weighted by molar-refractivity contribution is 5.75. The molecule has 1 fully saturated rings. The van der Waals surface area contributed by atoms with E-state index in [1.165, 1.54) is 6.42 Å². The minimum atomic E-state index is -0.235. The number of hydrogen-bond donors (Lipinski definition) is 1. The second-order valence-corrected chi connectivity index (χ2v) is 6.38. The molecule has 2 amide bonds. The number of urea groups is 1. The highest BCUT2D eigenvalue weighted by Crippen LogP contribution is 2.22. The number of carbonyl (C=O) groups excluding carboxylic acids is 1. The van der Waals surface area contributed by atoms with Gasteiger partial charge in [-0.3, -0.25) is 0 Å². The molecule has 2 atom stereocenters. The van der Waals surface area contributed by atoms with E-state index in [4.69, 9.17) is 0 Å². The Hall–Kier alpha value is -2.30. The molecule has 5 heteroatoms. The van der Waals surface area contributed by atoms with Gasteiger partial charge in [0.25, 0.3) is 0 Å². The molecule has 1 N–H and O–H groups in total. The maximum Gasteiger partial charge on any atom is 0.318 e. The highest BCUT2D eigenvalue weighted by Gasteiger charge is 2.26. The van der Waals surface area contributed by atoms with Gasteiger partial charge in [0.15, 0.2) is 0 Å². The van der Waals surface area contributed by atoms with Crippen LogP contribution >= 0.6 is 0 Å². The van der Waals surface area contributed by atoms with Crippen LogP contribution in [0.2, 0.25) is 0 Å². The topological polar surface area (TPSA) is 50.2 Å². The molecule has 0 aliphatic carbocycles. The number of hydrogen-bond acceptors (Lipinski definition) is 2. The van der Waals surface area contributed by atoms with Crippen molar-refractivity contribution in [1.82, 2.24) is 19.8 Å². The number of likely N-dealkylation sites (tertiary alicyclic amines) is 1. The van der Waals surface area contributed by atoms with Crippen molar-refractivity contribution in [2.24, 2.45) is 13.0 Å². The van der Waals surface area contributed by atoms with Crippen LogP contribution in [0.3, 0.4) is 0 Å². The monoisotopic (exact) mass is 312 g/mol. The van der Waals surface area contributed by atoms with Crippen LogP contribution in [-0.2, 0) is 7.05 Å². The molecule has 122 valence electrons. The van der Waals surface area contributed by atoms with Crippen molar-refractivity contribution in [3.05, 3.63) is 54.1 Å². The number of carbonyl (C=O) groups is 1. The van der Waals surface area contributed by atoms with Crippen molar-refractivity contribution >= 4 is 6.03 Å². The summed E-state index contributed by atoms with van der Waals surface area (Å²) in [5, 5.41) is 3.17. The predicted octanol–water partition coefficient (Wildman–Crippen LogP) is 2.95. The molecular formula is C18H24N4O. The standard InChI is InChI=1S/C18H24N4O/c1-14-7-6-11-22(13-14)18(23)20-16(15-8-4-3-5-9-15)17-19-10-12-21(17)2/h3-5,8-10,12,14,16H,6-7,11,13H2,1-2H3,(H,20,23). The van der Waals surface area contributed by atoms with Crippen molar-refractivity contribution in [3.63, 3.8) is 0 Å². The molecule has 0 radical (unpaired) electrons. The van der Waals surface area contributed by atoms with Gasteiger partial charge in [-0.05, 0) is 24.3 Å². The van der Waals surface area contributed by atoms with Crippen molar-refractivity contribution < 1.29 is 4.79 Å². The lowest BCUT2D eigenvalue weighted by atomic mass is 10.0. The van der Waals surface area contributed by atoms with E-state index in [1.54, 1.807) is 6.20 Å². The third-order valence-electron chi connectivity index (χ3n) is 4.46. The zero-order valence-corrected chi connectivity index (χ0v) is 13.8. The summed E-state index contributed by atoms with van der Waals surface area (Å²) in [6, 6.07) is 9.76. The number of nitrogens with one attached hydrogen (secondary N) is 1. The van der Waals surface area contributed by atoms with Gasteiger partial charge in [0.1, 0.15) is 11.9 Å². The van der Waals surface area contributed by atoms with Crippen LogP contribution in [0.4, 0.5) is 4.79 Å². The van der Waals surface area contributed by atoms with E-state index >= 15 is 0 Å². The Morgan fingerprint density at radius 3 is 2.78 bits per heavy atom. The summed E-state index contributed by atoms with van der Waals surface area (Å²) in [7, 11) is 1.95. The minimum absolute atomic E-state index is 0.00611. The van der Waals surface area contributed by atoms with Crippen LogP contribution in [0.25, 0.3) is 0 Å². The normalized spacial score (nSPS) is 19.4. The summed E-state index contributed by atoms with van der Waals surface area (Å²) < 4.78 is 1.96. The maximum atomic E-state index is 12.7. The van der Waals surface area contributed by atoms with E-state index < -0.39 is 0 Å². The Morgan fingerprint density at radius 1 is 1.35 bits per heavy atom. The molecule has 0 bridgehead atoms. The maximum absolute atomic E-state index is 12.7. The van der Waals surface area contributed by atoms with Crippen molar-refractivity contribution in [2.75, 3.05) is 13.1 Å². The van der Waals surface area contributed by atoms with Crippen LogP contribution in [0.1, 0.15) is 37.2 Å². The summed E-state index contributed by atoms with van der Waals surface area (Å²) >= 11 is 0. The molecule has 3 rings (SSSR count). The number of amides is 2. The Morgan fingerprint density at radius 2 is 2.13 bits per heavy atom. The number of piperidine rings is 1. The van der Waals surface area contributed by atoms with E-state index in [2.05, 4.69) is 17.2 Å². The molecule has 1 aliphatic heterocycles. The first kappa shape index (κ1) is 15.6. The van der Waals surface area contributed by atoms with Gasteiger partial charge < -0.3 is 14.8 Å². The van der Waals surface area contributed by atoms with E-state index in [-0.39, 0.29) is 12.1 Å². The molecule has 2 aromatic rings. The van der Waals surface area contributed by atoms with E-state index in [0.717, 1.165) is 30.9 Å². The Bertz CT molecular complexity index is 652. The molecule has 1 aromatic carbocycles. The van der Waals surface area contributed by atoms with Gasteiger partial charge in [0, 0.05) is 32.5 Å². The minimum Gasteiger partial charge on any atom is -0.336 e. The highest BCUT2D eigenvalue weighted by atomic mass is 16.2. The third-order valence-corrected chi connectivity index (χ3v) is 4.46. The van der Waals surface area contributed by atoms with Gasteiger partial charge >= 0.3 is 6.03 Å². The Kier molecular flexibility index (Phi) is 4.65. The zero-order valence-electron chi connectivity index (χ0n) is 13.8. The van der Waals surface area contributed by atoms with Crippen molar-refractivity contribution in [2.45, 2.75) is 25.8 Å². The number of rotatable bonds is 3. The largest absolute Gasteiger partial charge is 0.336 e. The van der Waals surface area contributed by atoms with Gasteiger partial charge in [-0.1, -0.05) is 37.3 Å². The molecule has 1 aliphatic rings. The summed E-state index contributed by atoms with van der Waals surface area (Å²) in [6.07, 6.45) is 5.94. The first-order valence-electron chi connectivity index (χ1n) is 8.22. The first-order chi connectivity index (χ1) is 11.1. The second kappa shape index (κ2) is 6.86. The summed E-state index contributed by atoms with van der Waals surface area (Å²) in [4.78, 5) is 19.1. The lowest BCUT2D eigenvalue weighted by molar-refractivity contribution is 0.167. The summed E-state index contributed by atoms with van der Waals surface area (Å²) in [6.45, 7) is 3.86. The predicted molar refractivity (Wildman–Crippen MR) is 90.0 cm³/mol. The lowest BCUT2D eigenvalue weighted by Gasteiger charge is -2.32. The van der Waals surface area contributed by atoms with Gasteiger partial charge in [0.2, 0.25) is 0 Å². The molecule has 5 nitrogen and oxygen atoms in total. The molecule has 1 saturated heterocycles. The molecule has 0 spiro atoms. The smallest absolute Gasteiger partial charge is 0.318 e. The molecule has 23 heavy (non-hydrogen) atoms. The van der Waals surface area contributed by atoms with E-state index in [1.807, 2.05) is 53.0 Å². The molecule has 0 saturated carbocycles. The quantitative estimate of drug-likeness (QED) is 0.947. The van der Waals surface area contributed by atoms with Crippen LogP contribution in [0.15, 0.2) is 42.7 Å². The van der Waals surface area contributed by atoms with Crippen LogP contribution in [-0.4, -0.2) is 33.6 Å². The van der Waals surface area contributed by atoms with Gasteiger partial charge in [-0.15, -0.1) is 0 Å². The molecule has 1 aromatic heterocycles. The van der Waals surface area contributed by atoms with Crippen LogP contribution in [0.5, 0.6) is 0 Å².